The van der Waals surface area contributed by atoms with Crippen LogP contribution in [0.5, 0.6) is 0 Å². The number of para-hydroxylation sites is 1. The van der Waals surface area contributed by atoms with Crippen molar-refractivity contribution in [2.75, 3.05) is 11.5 Å². The van der Waals surface area contributed by atoms with Crippen LogP contribution in [0, 0.1) is 5.41 Å². The highest BCUT2D eigenvalue weighted by molar-refractivity contribution is 6.32. The van der Waals surface area contributed by atoms with E-state index in [1.165, 1.54) is 0 Å². The van der Waals surface area contributed by atoms with Crippen LogP contribution in [-0.2, 0) is 9.53 Å². The van der Waals surface area contributed by atoms with Gasteiger partial charge in [-0.05, 0) is 24.1 Å². The Morgan fingerprint density at radius 1 is 0.882 bits per heavy atom. The van der Waals surface area contributed by atoms with Crippen molar-refractivity contribution in [3.8, 4) is 0 Å². The summed E-state index contributed by atoms with van der Waals surface area (Å²) in [6.45, 7) is 1.98. The number of rotatable bonds is 3. The van der Waals surface area contributed by atoms with Crippen molar-refractivity contribution >= 4 is 29.3 Å². The fraction of sp³-hybridized carbons (Fsp3) is 0.207. The van der Waals surface area contributed by atoms with Crippen molar-refractivity contribution in [2.24, 2.45) is 5.41 Å². The van der Waals surface area contributed by atoms with Gasteiger partial charge >= 0.3 is 5.97 Å². The molecule has 2 heterocycles. The SMILES string of the molecule is CCOC(=O)[C@@H]1[C@H](c2ccccc2)C2(C(=O)c3ccccc3C2=O)[C@@H]2C=Cc3ccccc3N12. The molecule has 0 N–H and O–H groups in total. The summed E-state index contributed by atoms with van der Waals surface area (Å²) in [7, 11) is 0. The Bertz CT molecular complexity index is 1320. The highest BCUT2D eigenvalue weighted by Gasteiger charge is 2.71. The van der Waals surface area contributed by atoms with Gasteiger partial charge in [0.15, 0.2) is 11.6 Å². The first-order valence-corrected chi connectivity index (χ1v) is 11.6. The minimum Gasteiger partial charge on any atom is -0.464 e. The Morgan fingerprint density at radius 3 is 2.18 bits per heavy atom. The normalized spacial score (nSPS) is 23.6. The number of carbonyl (C=O) groups is 3. The van der Waals surface area contributed by atoms with Gasteiger partial charge < -0.3 is 9.64 Å². The summed E-state index contributed by atoms with van der Waals surface area (Å²) in [5, 5.41) is 0. The fourth-order valence-electron chi connectivity index (χ4n) is 6.15. The van der Waals surface area contributed by atoms with E-state index < -0.39 is 29.4 Å². The molecular formula is C29H23NO4. The van der Waals surface area contributed by atoms with Gasteiger partial charge in [-0.25, -0.2) is 4.79 Å². The third kappa shape index (κ3) is 2.52. The smallest absolute Gasteiger partial charge is 0.329 e. The maximum absolute atomic E-state index is 14.3. The van der Waals surface area contributed by atoms with Crippen molar-refractivity contribution in [3.05, 3.63) is 107 Å². The van der Waals surface area contributed by atoms with Crippen LogP contribution in [0.2, 0.25) is 0 Å². The lowest BCUT2D eigenvalue weighted by Gasteiger charge is -2.36. The quantitative estimate of drug-likeness (QED) is 0.429. The summed E-state index contributed by atoms with van der Waals surface area (Å²) in [6.07, 6.45) is 3.87. The van der Waals surface area contributed by atoms with E-state index in [1.54, 1.807) is 31.2 Å². The number of ether oxygens (including phenoxy) is 1. The van der Waals surface area contributed by atoms with E-state index in [0.717, 1.165) is 16.8 Å². The second kappa shape index (κ2) is 7.52. The van der Waals surface area contributed by atoms with Crippen LogP contribution in [0.3, 0.4) is 0 Å². The van der Waals surface area contributed by atoms with Crippen molar-refractivity contribution in [2.45, 2.75) is 24.9 Å². The van der Waals surface area contributed by atoms with E-state index in [2.05, 4.69) is 0 Å². The zero-order valence-corrected chi connectivity index (χ0v) is 18.7. The van der Waals surface area contributed by atoms with E-state index in [9.17, 15) is 14.4 Å². The number of hydrogen-bond acceptors (Lipinski definition) is 5. The molecule has 0 unspecified atom stereocenters. The number of benzene rings is 3. The maximum atomic E-state index is 14.3. The van der Waals surface area contributed by atoms with Gasteiger partial charge in [-0.2, -0.15) is 0 Å². The minimum atomic E-state index is -1.47. The molecule has 5 heteroatoms. The third-order valence-corrected chi connectivity index (χ3v) is 7.40. The van der Waals surface area contributed by atoms with Gasteiger partial charge in [-0.15, -0.1) is 0 Å². The molecule has 1 saturated heterocycles. The number of carbonyl (C=O) groups excluding carboxylic acids is 3. The molecule has 0 amide bonds. The van der Waals surface area contributed by atoms with E-state index in [-0.39, 0.29) is 18.2 Å². The van der Waals surface area contributed by atoms with Crippen LogP contribution in [0.15, 0.2) is 84.9 Å². The van der Waals surface area contributed by atoms with Gasteiger partial charge in [0, 0.05) is 22.7 Å². The predicted octanol–water partition coefficient (Wildman–Crippen LogP) is 4.68. The molecule has 3 aliphatic rings. The lowest BCUT2D eigenvalue weighted by atomic mass is 9.65. The van der Waals surface area contributed by atoms with Gasteiger partial charge in [-0.3, -0.25) is 9.59 Å². The summed E-state index contributed by atoms with van der Waals surface area (Å²) < 4.78 is 5.56. The molecule has 0 aromatic heterocycles. The predicted molar refractivity (Wildman–Crippen MR) is 129 cm³/mol. The summed E-state index contributed by atoms with van der Waals surface area (Å²) in [4.78, 5) is 44.1. The van der Waals surface area contributed by atoms with Crippen molar-refractivity contribution in [1.29, 1.82) is 0 Å². The zero-order valence-electron chi connectivity index (χ0n) is 18.7. The van der Waals surface area contributed by atoms with Crippen LogP contribution >= 0.6 is 0 Å². The van der Waals surface area contributed by atoms with Gasteiger partial charge in [0.2, 0.25) is 0 Å². The second-order valence-electron chi connectivity index (χ2n) is 8.93. The highest BCUT2D eigenvalue weighted by Crippen LogP contribution is 2.60. The Morgan fingerprint density at radius 2 is 1.50 bits per heavy atom. The number of esters is 1. The van der Waals surface area contributed by atoms with E-state index in [4.69, 9.17) is 4.74 Å². The number of Topliss-reactive ketones (excluding diaryl/α,β-unsaturated/α-hetero) is 2. The molecule has 2 aliphatic heterocycles. The Balaban J connectivity index is 1.68. The zero-order chi connectivity index (χ0) is 23.4. The van der Waals surface area contributed by atoms with Crippen LogP contribution in [-0.4, -0.2) is 36.2 Å². The topological polar surface area (TPSA) is 63.7 Å². The van der Waals surface area contributed by atoms with Crippen LogP contribution in [0.1, 0.15) is 44.7 Å². The number of nitrogens with zero attached hydrogens (tertiary/aromatic N) is 1. The molecule has 3 atom stereocenters. The van der Waals surface area contributed by atoms with Crippen molar-refractivity contribution in [1.82, 2.24) is 0 Å². The molecule has 168 valence electrons. The van der Waals surface area contributed by atoms with Crippen molar-refractivity contribution in [3.63, 3.8) is 0 Å². The standard InChI is InChI=1S/C29H23NO4/c1-2-34-28(33)25-24(19-11-4-3-5-12-19)29(26(31)20-13-7-8-14-21(20)27(29)32)23-17-16-18-10-6-9-15-22(18)30(23)25/h3-17,23-25H,2H2,1H3/t23-,24-,25-/m0/s1. The van der Waals surface area contributed by atoms with E-state index >= 15 is 0 Å². The Labute approximate surface area is 197 Å². The Kier molecular flexibility index (Phi) is 4.56. The molecule has 34 heavy (non-hydrogen) atoms. The molecule has 0 radical (unpaired) electrons. The van der Waals surface area contributed by atoms with E-state index in [0.29, 0.717) is 11.1 Å². The maximum Gasteiger partial charge on any atom is 0.329 e. The first-order valence-electron chi connectivity index (χ1n) is 11.6. The number of hydrogen-bond donors (Lipinski definition) is 0. The first kappa shape index (κ1) is 20.6. The molecule has 1 spiro atoms. The summed E-state index contributed by atoms with van der Waals surface area (Å²) in [6, 6.07) is 22.7. The first-order chi connectivity index (χ1) is 16.6. The largest absolute Gasteiger partial charge is 0.464 e. The van der Waals surface area contributed by atoms with Gasteiger partial charge in [0.25, 0.3) is 0 Å². The molecule has 5 nitrogen and oxygen atoms in total. The third-order valence-electron chi connectivity index (χ3n) is 7.40. The van der Waals surface area contributed by atoms with Gasteiger partial charge in [0.1, 0.15) is 11.5 Å². The average Bonchev–Trinajstić information content (AvgIpc) is 3.31. The second-order valence-corrected chi connectivity index (χ2v) is 8.93. The summed E-state index contributed by atoms with van der Waals surface area (Å²) in [5.41, 5.74) is 1.91. The van der Waals surface area contributed by atoms with E-state index in [1.807, 2.05) is 71.6 Å². The fourth-order valence-corrected chi connectivity index (χ4v) is 6.15. The molecule has 6 rings (SSSR count). The molecular weight excluding hydrogens is 426 g/mol. The van der Waals surface area contributed by atoms with Gasteiger partial charge in [-0.1, -0.05) is 84.9 Å². The highest BCUT2D eigenvalue weighted by atomic mass is 16.5. The van der Waals surface area contributed by atoms with Gasteiger partial charge in [0.05, 0.1) is 12.6 Å². The lowest BCUT2D eigenvalue weighted by molar-refractivity contribution is -0.145. The number of anilines is 1. The van der Waals surface area contributed by atoms with Crippen LogP contribution in [0.25, 0.3) is 6.08 Å². The molecule has 3 aromatic carbocycles. The van der Waals surface area contributed by atoms with Crippen molar-refractivity contribution < 1.29 is 19.1 Å². The molecule has 0 saturated carbocycles. The molecule has 0 bridgehead atoms. The number of ketones is 2. The lowest BCUT2D eigenvalue weighted by Crippen LogP contribution is -2.48. The van der Waals surface area contributed by atoms with Crippen LogP contribution < -0.4 is 4.90 Å². The summed E-state index contributed by atoms with van der Waals surface area (Å²) in [5.74, 6) is -1.60. The Hall–Kier alpha value is -3.99. The molecule has 1 fully saturated rings. The minimum absolute atomic E-state index is 0.210. The average molecular weight is 450 g/mol. The molecule has 3 aromatic rings. The monoisotopic (exact) mass is 449 g/mol. The summed E-state index contributed by atoms with van der Waals surface area (Å²) >= 11 is 0. The number of fused-ring (bicyclic) bond motifs is 5. The van der Waals surface area contributed by atoms with Crippen LogP contribution in [0.4, 0.5) is 5.69 Å². The molecule has 1 aliphatic carbocycles.